The summed E-state index contributed by atoms with van der Waals surface area (Å²) in [5.74, 6) is -0.247. The van der Waals surface area contributed by atoms with Crippen LogP contribution < -0.4 is 5.32 Å². The molecule has 1 aromatic rings. The summed E-state index contributed by atoms with van der Waals surface area (Å²) in [6.45, 7) is 8.47. The quantitative estimate of drug-likeness (QED) is 0.834. The van der Waals surface area contributed by atoms with Crippen LogP contribution in [0.2, 0.25) is 0 Å². The molecule has 19 heavy (non-hydrogen) atoms. The molecule has 108 valence electrons. The van der Waals surface area contributed by atoms with Crippen molar-refractivity contribution in [1.82, 2.24) is 5.32 Å². The predicted molar refractivity (Wildman–Crippen MR) is 74.5 cm³/mol. The fourth-order valence-electron chi connectivity index (χ4n) is 1.61. The summed E-state index contributed by atoms with van der Waals surface area (Å²) in [4.78, 5) is 0. The number of hydrogen-bond acceptors (Lipinski definition) is 3. The lowest BCUT2D eigenvalue weighted by Gasteiger charge is -2.23. The molecule has 0 spiro atoms. The summed E-state index contributed by atoms with van der Waals surface area (Å²) in [5, 5.41) is 13.0. The summed E-state index contributed by atoms with van der Waals surface area (Å²) in [6, 6.07) is 6.44. The van der Waals surface area contributed by atoms with Crippen molar-refractivity contribution in [3.05, 3.63) is 35.6 Å². The first-order chi connectivity index (χ1) is 8.78. The average Bonchev–Trinajstić information content (AvgIpc) is 2.32. The van der Waals surface area contributed by atoms with Crippen molar-refractivity contribution in [3.8, 4) is 0 Å². The number of ether oxygens (including phenoxy) is 1. The van der Waals surface area contributed by atoms with Gasteiger partial charge in [0.15, 0.2) is 0 Å². The first kappa shape index (κ1) is 16.1. The molecule has 0 amide bonds. The lowest BCUT2D eigenvalue weighted by molar-refractivity contribution is -0.0482. The highest BCUT2D eigenvalue weighted by Crippen LogP contribution is 2.13. The molecule has 0 aliphatic rings. The predicted octanol–water partition coefficient (Wildman–Crippen LogP) is 2.65. The summed E-state index contributed by atoms with van der Waals surface area (Å²) >= 11 is 0. The van der Waals surface area contributed by atoms with Crippen LogP contribution in [0.1, 0.15) is 39.3 Å². The van der Waals surface area contributed by atoms with Crippen LogP contribution >= 0.6 is 0 Å². The van der Waals surface area contributed by atoms with E-state index in [2.05, 4.69) is 5.32 Å². The van der Waals surface area contributed by atoms with Crippen LogP contribution in [-0.4, -0.2) is 30.0 Å². The fourth-order valence-corrected chi connectivity index (χ4v) is 1.61. The molecule has 2 unspecified atom stereocenters. The average molecular weight is 269 g/mol. The van der Waals surface area contributed by atoms with Crippen LogP contribution in [-0.2, 0) is 4.74 Å². The number of halogens is 1. The van der Waals surface area contributed by atoms with Gasteiger partial charge in [0.1, 0.15) is 5.82 Å². The van der Waals surface area contributed by atoms with Crippen molar-refractivity contribution >= 4 is 0 Å². The van der Waals surface area contributed by atoms with Gasteiger partial charge in [0.25, 0.3) is 0 Å². The molecular weight excluding hydrogens is 245 g/mol. The topological polar surface area (TPSA) is 41.5 Å². The van der Waals surface area contributed by atoms with Crippen molar-refractivity contribution in [2.75, 3.05) is 13.2 Å². The van der Waals surface area contributed by atoms with E-state index in [4.69, 9.17) is 4.74 Å². The minimum Gasteiger partial charge on any atom is -0.389 e. The maximum absolute atomic E-state index is 13.1. The first-order valence-electron chi connectivity index (χ1n) is 6.59. The highest BCUT2D eigenvalue weighted by Gasteiger charge is 2.14. The molecule has 0 fully saturated rings. The second-order valence-electron chi connectivity index (χ2n) is 5.76. The van der Waals surface area contributed by atoms with Crippen LogP contribution in [0, 0.1) is 5.82 Å². The van der Waals surface area contributed by atoms with Gasteiger partial charge in [-0.2, -0.15) is 0 Å². The maximum atomic E-state index is 13.1. The van der Waals surface area contributed by atoms with Crippen LogP contribution in [0.3, 0.4) is 0 Å². The molecule has 0 aliphatic heterocycles. The molecule has 3 nitrogen and oxygen atoms in total. The van der Waals surface area contributed by atoms with Gasteiger partial charge in [-0.25, -0.2) is 4.39 Å². The van der Waals surface area contributed by atoms with Crippen molar-refractivity contribution in [2.24, 2.45) is 0 Å². The van der Waals surface area contributed by atoms with E-state index in [1.165, 1.54) is 12.1 Å². The zero-order valence-electron chi connectivity index (χ0n) is 12.1. The van der Waals surface area contributed by atoms with Crippen molar-refractivity contribution in [1.29, 1.82) is 0 Å². The van der Waals surface area contributed by atoms with E-state index in [0.717, 1.165) is 5.56 Å². The van der Waals surface area contributed by atoms with Gasteiger partial charge in [0.2, 0.25) is 0 Å². The third-order valence-electron chi connectivity index (χ3n) is 2.72. The number of aliphatic hydroxyl groups excluding tert-OH is 1. The number of nitrogens with one attached hydrogen (secondary N) is 1. The maximum Gasteiger partial charge on any atom is 0.123 e. The Morgan fingerprint density at radius 1 is 1.37 bits per heavy atom. The van der Waals surface area contributed by atoms with E-state index in [-0.39, 0.29) is 24.1 Å². The van der Waals surface area contributed by atoms with Crippen LogP contribution in [0.5, 0.6) is 0 Å². The minimum absolute atomic E-state index is 0.0139. The summed E-state index contributed by atoms with van der Waals surface area (Å²) in [6.07, 6.45) is -0.574. The van der Waals surface area contributed by atoms with Gasteiger partial charge in [0.05, 0.1) is 18.3 Å². The Hall–Kier alpha value is -0.970. The van der Waals surface area contributed by atoms with Crippen molar-refractivity contribution in [2.45, 2.75) is 45.4 Å². The van der Waals surface area contributed by atoms with Gasteiger partial charge >= 0.3 is 0 Å². The molecule has 0 radical (unpaired) electrons. The monoisotopic (exact) mass is 269 g/mol. The third kappa shape index (κ3) is 6.66. The summed E-state index contributed by atoms with van der Waals surface area (Å²) < 4.78 is 18.6. The zero-order valence-corrected chi connectivity index (χ0v) is 12.1. The molecule has 0 saturated heterocycles. The summed E-state index contributed by atoms with van der Waals surface area (Å²) in [5.41, 5.74) is 0.610. The Morgan fingerprint density at radius 3 is 2.63 bits per heavy atom. The van der Waals surface area contributed by atoms with E-state index in [1.54, 1.807) is 6.07 Å². The van der Waals surface area contributed by atoms with E-state index in [9.17, 15) is 9.50 Å². The Labute approximate surface area is 114 Å². The van der Waals surface area contributed by atoms with Gasteiger partial charge in [-0.3, -0.25) is 0 Å². The molecule has 0 heterocycles. The van der Waals surface area contributed by atoms with Gasteiger partial charge in [-0.1, -0.05) is 12.1 Å². The lowest BCUT2D eigenvalue weighted by Crippen LogP contribution is -2.34. The van der Waals surface area contributed by atoms with Crippen LogP contribution in [0.15, 0.2) is 24.3 Å². The van der Waals surface area contributed by atoms with E-state index >= 15 is 0 Å². The zero-order chi connectivity index (χ0) is 14.5. The second-order valence-corrected chi connectivity index (χ2v) is 5.76. The molecule has 1 aromatic carbocycles. The highest BCUT2D eigenvalue weighted by molar-refractivity contribution is 5.19. The number of rotatable bonds is 6. The number of benzene rings is 1. The minimum atomic E-state index is -0.574. The molecule has 0 bridgehead atoms. The van der Waals surface area contributed by atoms with Gasteiger partial charge < -0.3 is 15.2 Å². The Kier molecular flexibility index (Phi) is 5.91. The van der Waals surface area contributed by atoms with E-state index < -0.39 is 6.10 Å². The van der Waals surface area contributed by atoms with Gasteiger partial charge in [-0.15, -0.1) is 0 Å². The molecule has 4 heteroatoms. The van der Waals surface area contributed by atoms with E-state index in [0.29, 0.717) is 6.54 Å². The SMILES string of the molecule is CC(NCC(O)COC(C)(C)C)c1cccc(F)c1. The van der Waals surface area contributed by atoms with Crippen LogP contribution in [0.4, 0.5) is 4.39 Å². The standard InChI is InChI=1S/C15H24FNO2/c1-11(12-6-5-7-13(16)8-12)17-9-14(18)10-19-15(2,3)4/h5-8,11,14,17-18H,9-10H2,1-4H3. The number of hydrogen-bond donors (Lipinski definition) is 2. The smallest absolute Gasteiger partial charge is 0.123 e. The fraction of sp³-hybridized carbons (Fsp3) is 0.600. The van der Waals surface area contributed by atoms with Gasteiger partial charge in [-0.05, 0) is 45.4 Å². The Bertz CT molecular complexity index is 390. The molecular formula is C15H24FNO2. The lowest BCUT2D eigenvalue weighted by atomic mass is 10.1. The molecule has 2 N–H and O–H groups in total. The van der Waals surface area contributed by atoms with Gasteiger partial charge in [0, 0.05) is 12.6 Å². The third-order valence-corrected chi connectivity index (χ3v) is 2.72. The molecule has 1 rings (SSSR count). The van der Waals surface area contributed by atoms with Crippen molar-refractivity contribution < 1.29 is 14.2 Å². The highest BCUT2D eigenvalue weighted by atomic mass is 19.1. The molecule has 0 saturated carbocycles. The normalized spacial score (nSPS) is 15.3. The second kappa shape index (κ2) is 6.98. The molecule has 0 aromatic heterocycles. The summed E-state index contributed by atoms with van der Waals surface area (Å²) in [7, 11) is 0. The first-order valence-corrected chi connectivity index (χ1v) is 6.59. The molecule has 0 aliphatic carbocycles. The largest absolute Gasteiger partial charge is 0.389 e. The van der Waals surface area contributed by atoms with Crippen LogP contribution in [0.25, 0.3) is 0 Å². The Morgan fingerprint density at radius 2 is 2.05 bits per heavy atom. The van der Waals surface area contributed by atoms with Crippen molar-refractivity contribution in [3.63, 3.8) is 0 Å². The molecule has 2 atom stereocenters. The Balaban J connectivity index is 2.36. The van der Waals surface area contributed by atoms with E-state index in [1.807, 2.05) is 33.8 Å². The number of aliphatic hydroxyl groups is 1.